The molecule has 0 aromatic heterocycles. The molecule has 0 saturated carbocycles. The van der Waals surface area contributed by atoms with Gasteiger partial charge in [-0.05, 0) is 38.7 Å². The van der Waals surface area contributed by atoms with Gasteiger partial charge in [0.2, 0.25) is 0 Å². The smallest absolute Gasteiger partial charge is 0.408 e. The summed E-state index contributed by atoms with van der Waals surface area (Å²) in [6.45, 7) is 9.00. The molecule has 1 amide bonds. The Morgan fingerprint density at radius 1 is 1.16 bits per heavy atom. The van der Waals surface area contributed by atoms with Gasteiger partial charge in [0.15, 0.2) is 5.78 Å². The van der Waals surface area contributed by atoms with E-state index in [-0.39, 0.29) is 18.1 Å². The lowest BCUT2D eigenvalue weighted by Crippen LogP contribution is -2.47. The van der Waals surface area contributed by atoms with Gasteiger partial charge in [-0.3, -0.25) is 4.79 Å². The highest BCUT2D eigenvalue weighted by Crippen LogP contribution is 2.15. The van der Waals surface area contributed by atoms with E-state index in [1.807, 2.05) is 44.2 Å². The first-order valence-corrected chi connectivity index (χ1v) is 8.64. The molecule has 138 valence electrons. The van der Waals surface area contributed by atoms with E-state index in [4.69, 9.17) is 4.74 Å². The van der Waals surface area contributed by atoms with E-state index in [1.54, 1.807) is 20.8 Å². The van der Waals surface area contributed by atoms with Gasteiger partial charge < -0.3 is 14.8 Å². The highest BCUT2D eigenvalue weighted by Gasteiger charge is 2.28. The second kappa shape index (κ2) is 9.35. The number of amides is 1. The van der Waals surface area contributed by atoms with Crippen molar-refractivity contribution >= 4 is 18.2 Å². The fourth-order valence-electron chi connectivity index (χ4n) is 2.52. The molecule has 25 heavy (non-hydrogen) atoms. The number of rotatable bonds is 8. The molecular formula is C20H29NO4. The molecule has 1 aromatic rings. The van der Waals surface area contributed by atoms with Crippen LogP contribution in [0.2, 0.25) is 0 Å². The monoisotopic (exact) mass is 347 g/mol. The molecule has 1 N–H and O–H groups in total. The third-order valence-corrected chi connectivity index (χ3v) is 3.68. The summed E-state index contributed by atoms with van der Waals surface area (Å²) in [6, 6.07) is 8.90. The van der Waals surface area contributed by atoms with E-state index in [2.05, 4.69) is 5.32 Å². The Balaban J connectivity index is 2.71. The summed E-state index contributed by atoms with van der Waals surface area (Å²) >= 11 is 0. The molecule has 0 aliphatic rings. The molecule has 2 atom stereocenters. The second-order valence-electron chi connectivity index (χ2n) is 7.62. The zero-order chi connectivity index (χ0) is 19.0. The molecule has 0 aliphatic heterocycles. The van der Waals surface area contributed by atoms with E-state index in [1.165, 1.54) is 0 Å². The van der Waals surface area contributed by atoms with Crippen LogP contribution in [0.5, 0.6) is 0 Å². The molecule has 0 spiro atoms. The van der Waals surface area contributed by atoms with Crippen molar-refractivity contribution < 1.29 is 19.1 Å². The fourth-order valence-corrected chi connectivity index (χ4v) is 2.52. The number of ether oxygens (including phenoxy) is 1. The largest absolute Gasteiger partial charge is 0.444 e. The minimum Gasteiger partial charge on any atom is -0.444 e. The van der Waals surface area contributed by atoms with E-state index in [0.717, 1.165) is 11.8 Å². The Labute approximate surface area is 150 Å². The Bertz CT molecular complexity index is 575. The van der Waals surface area contributed by atoms with Crippen LogP contribution in [-0.2, 0) is 20.7 Å². The van der Waals surface area contributed by atoms with Crippen molar-refractivity contribution in [2.45, 2.75) is 59.1 Å². The summed E-state index contributed by atoms with van der Waals surface area (Å²) < 4.78 is 5.22. The van der Waals surface area contributed by atoms with Gasteiger partial charge in [0.1, 0.15) is 11.9 Å². The number of hydrogen-bond donors (Lipinski definition) is 1. The standard InChI is InChI=1S/C20H29NO4/c1-14(2)18(21-19(24)25-20(3,4)5)17(23)12-16(13-22)11-15-9-7-6-8-10-15/h6-10,13-14,16,18H,11-12H2,1-5H3,(H,21,24)/t16-,18+/m1/s1. The summed E-state index contributed by atoms with van der Waals surface area (Å²) in [7, 11) is 0. The molecule has 0 radical (unpaired) electrons. The number of ketones is 1. The molecule has 0 fully saturated rings. The zero-order valence-electron chi connectivity index (χ0n) is 15.7. The van der Waals surface area contributed by atoms with Crippen LogP contribution in [-0.4, -0.2) is 29.8 Å². The van der Waals surface area contributed by atoms with Crippen molar-refractivity contribution in [3.8, 4) is 0 Å². The number of hydrogen-bond acceptors (Lipinski definition) is 4. The maximum Gasteiger partial charge on any atom is 0.408 e. The van der Waals surface area contributed by atoms with Crippen LogP contribution in [0.15, 0.2) is 30.3 Å². The molecule has 0 unspecified atom stereocenters. The van der Waals surface area contributed by atoms with Gasteiger partial charge in [0.05, 0.1) is 6.04 Å². The van der Waals surface area contributed by atoms with Crippen LogP contribution in [0.1, 0.15) is 46.6 Å². The molecule has 0 heterocycles. The molecule has 5 nitrogen and oxygen atoms in total. The molecular weight excluding hydrogens is 318 g/mol. The zero-order valence-corrected chi connectivity index (χ0v) is 15.7. The number of nitrogens with one attached hydrogen (secondary N) is 1. The van der Waals surface area contributed by atoms with Gasteiger partial charge in [0, 0.05) is 12.3 Å². The summed E-state index contributed by atoms with van der Waals surface area (Å²) in [4.78, 5) is 36.0. The maximum absolute atomic E-state index is 12.6. The number of alkyl carbamates (subject to hydrolysis) is 1. The van der Waals surface area contributed by atoms with Crippen LogP contribution in [0, 0.1) is 11.8 Å². The first kappa shape index (κ1) is 20.9. The van der Waals surface area contributed by atoms with Gasteiger partial charge in [-0.2, -0.15) is 0 Å². The average Bonchev–Trinajstić information content (AvgIpc) is 2.50. The molecule has 1 rings (SSSR count). The van der Waals surface area contributed by atoms with Crippen LogP contribution in [0.3, 0.4) is 0 Å². The number of Topliss-reactive ketones (excluding diaryl/α,β-unsaturated/α-hetero) is 1. The fraction of sp³-hybridized carbons (Fsp3) is 0.550. The third kappa shape index (κ3) is 7.96. The van der Waals surface area contributed by atoms with Crippen molar-refractivity contribution in [2.75, 3.05) is 0 Å². The number of carbonyl (C=O) groups excluding carboxylic acids is 3. The van der Waals surface area contributed by atoms with Crippen LogP contribution in [0.25, 0.3) is 0 Å². The number of benzene rings is 1. The van der Waals surface area contributed by atoms with Gasteiger partial charge in [-0.1, -0.05) is 44.2 Å². The Morgan fingerprint density at radius 3 is 2.24 bits per heavy atom. The Morgan fingerprint density at radius 2 is 1.76 bits per heavy atom. The minimum atomic E-state index is -0.673. The third-order valence-electron chi connectivity index (χ3n) is 3.68. The minimum absolute atomic E-state index is 0.0935. The van der Waals surface area contributed by atoms with E-state index in [9.17, 15) is 14.4 Å². The Kier molecular flexibility index (Phi) is 7.81. The van der Waals surface area contributed by atoms with E-state index >= 15 is 0 Å². The molecule has 0 bridgehead atoms. The SMILES string of the molecule is CC(C)[C@H](NC(=O)OC(C)(C)C)C(=O)C[C@H](C=O)Cc1ccccc1. The first-order chi connectivity index (χ1) is 11.6. The van der Waals surface area contributed by atoms with Gasteiger partial charge in [-0.15, -0.1) is 0 Å². The van der Waals surface area contributed by atoms with Crippen molar-refractivity contribution in [3.63, 3.8) is 0 Å². The van der Waals surface area contributed by atoms with Crippen molar-refractivity contribution in [1.29, 1.82) is 0 Å². The summed E-state index contributed by atoms with van der Waals surface area (Å²) in [5.41, 5.74) is 0.376. The lowest BCUT2D eigenvalue weighted by molar-refractivity contribution is -0.125. The summed E-state index contributed by atoms with van der Waals surface area (Å²) in [5.74, 6) is -0.658. The van der Waals surface area contributed by atoms with E-state index in [0.29, 0.717) is 6.42 Å². The summed E-state index contributed by atoms with van der Waals surface area (Å²) in [6.07, 6.45) is 0.797. The molecule has 0 aliphatic carbocycles. The molecule has 0 saturated heterocycles. The van der Waals surface area contributed by atoms with Gasteiger partial charge in [-0.25, -0.2) is 4.79 Å². The number of aldehydes is 1. The van der Waals surface area contributed by atoms with Crippen LogP contribution >= 0.6 is 0 Å². The number of carbonyl (C=O) groups is 3. The quantitative estimate of drug-likeness (QED) is 0.730. The van der Waals surface area contributed by atoms with Gasteiger partial charge in [0.25, 0.3) is 0 Å². The molecule has 1 aromatic carbocycles. The average molecular weight is 347 g/mol. The van der Waals surface area contributed by atoms with Gasteiger partial charge >= 0.3 is 6.09 Å². The van der Waals surface area contributed by atoms with Crippen molar-refractivity contribution in [3.05, 3.63) is 35.9 Å². The lowest BCUT2D eigenvalue weighted by Gasteiger charge is -2.25. The van der Waals surface area contributed by atoms with E-state index < -0.39 is 23.7 Å². The first-order valence-electron chi connectivity index (χ1n) is 8.64. The topological polar surface area (TPSA) is 72.5 Å². The lowest BCUT2D eigenvalue weighted by atomic mass is 9.90. The second-order valence-corrected chi connectivity index (χ2v) is 7.62. The maximum atomic E-state index is 12.6. The van der Waals surface area contributed by atoms with Crippen LogP contribution < -0.4 is 5.32 Å². The van der Waals surface area contributed by atoms with Crippen molar-refractivity contribution in [2.24, 2.45) is 11.8 Å². The highest BCUT2D eigenvalue weighted by molar-refractivity contribution is 5.89. The van der Waals surface area contributed by atoms with Crippen LogP contribution in [0.4, 0.5) is 4.79 Å². The highest BCUT2D eigenvalue weighted by atomic mass is 16.6. The predicted octanol–water partition coefficient (Wildman–Crippen LogP) is 3.55. The summed E-state index contributed by atoms with van der Waals surface area (Å²) in [5, 5.41) is 2.64. The predicted molar refractivity (Wildman–Crippen MR) is 97.3 cm³/mol. The normalized spacial score (nSPS) is 13.8. The van der Waals surface area contributed by atoms with Crippen molar-refractivity contribution in [1.82, 2.24) is 5.32 Å². The molecule has 5 heteroatoms. The Hall–Kier alpha value is -2.17.